The average molecular weight is 252 g/mol. The molecular weight excluding hydrogens is 232 g/mol. The lowest BCUT2D eigenvalue weighted by atomic mass is 9.89. The topological polar surface area (TPSA) is 59.9 Å². The van der Waals surface area contributed by atoms with Crippen LogP contribution in [0.2, 0.25) is 0 Å². The number of nitrogens with zero attached hydrogens (tertiary/aromatic N) is 1. The molecule has 5 heteroatoms. The molecule has 0 radical (unpaired) electrons. The maximum Gasteiger partial charge on any atom is 0.209 e. The summed E-state index contributed by atoms with van der Waals surface area (Å²) >= 11 is 0. The Morgan fingerprint density at radius 3 is 2.89 bits per heavy atom. The number of hydrogen-bond acceptors (Lipinski definition) is 5. The molecule has 100 valence electrons. The van der Waals surface area contributed by atoms with Crippen LogP contribution in [0.3, 0.4) is 0 Å². The number of carbonyl (C=O) groups is 1. The summed E-state index contributed by atoms with van der Waals surface area (Å²) in [6, 6.07) is 0.579. The van der Waals surface area contributed by atoms with Gasteiger partial charge in [-0.3, -0.25) is 4.79 Å². The van der Waals surface area contributed by atoms with Crippen LogP contribution in [0, 0.1) is 0 Å². The van der Waals surface area contributed by atoms with Gasteiger partial charge in [0.05, 0.1) is 6.10 Å². The Bertz CT molecular complexity index is 359. The lowest BCUT2D eigenvalue weighted by Gasteiger charge is -2.35. The summed E-state index contributed by atoms with van der Waals surface area (Å²) in [5.41, 5.74) is 0. The summed E-state index contributed by atoms with van der Waals surface area (Å²) < 4.78 is 11.1. The van der Waals surface area contributed by atoms with Gasteiger partial charge in [0.15, 0.2) is 5.78 Å². The molecule has 0 bridgehead atoms. The summed E-state index contributed by atoms with van der Waals surface area (Å²) in [4.78, 5) is 15.0. The van der Waals surface area contributed by atoms with Crippen LogP contribution in [0.15, 0.2) is 17.0 Å². The molecule has 18 heavy (non-hydrogen) atoms. The molecular formula is C13H20N2O3. The van der Waals surface area contributed by atoms with Gasteiger partial charge in [-0.15, -0.1) is 0 Å². The standard InChI is InChI=1S/C13H20N2O3/c1-9(16)8-17-11-3-4-13(15-7-11)18-12-5-10(6-12)14-2/h4,7,10-12,14H,3,5-6,8H2,1-2H3/t10-,11?,12-. The number of carbonyl (C=O) groups excluding carboxylic acids is 1. The lowest BCUT2D eigenvalue weighted by Crippen LogP contribution is -2.43. The molecule has 2 aliphatic rings. The fourth-order valence-electron chi connectivity index (χ4n) is 1.97. The third kappa shape index (κ3) is 3.65. The molecule has 0 aromatic heterocycles. The first-order valence-electron chi connectivity index (χ1n) is 6.36. The molecule has 1 aliphatic heterocycles. The number of ketones is 1. The van der Waals surface area contributed by atoms with E-state index in [1.54, 1.807) is 6.21 Å². The third-order valence-electron chi connectivity index (χ3n) is 3.18. The molecule has 0 aromatic rings. The second-order valence-electron chi connectivity index (χ2n) is 4.80. The molecule has 1 aliphatic carbocycles. The van der Waals surface area contributed by atoms with Crippen molar-refractivity contribution < 1.29 is 14.3 Å². The van der Waals surface area contributed by atoms with Gasteiger partial charge in [-0.1, -0.05) is 0 Å². The molecule has 0 aromatic carbocycles. The van der Waals surface area contributed by atoms with Crippen LogP contribution in [0.1, 0.15) is 26.2 Å². The van der Waals surface area contributed by atoms with E-state index in [4.69, 9.17) is 9.47 Å². The molecule has 1 saturated carbocycles. The highest BCUT2D eigenvalue weighted by molar-refractivity contribution is 5.77. The van der Waals surface area contributed by atoms with Gasteiger partial charge in [0.25, 0.3) is 0 Å². The van der Waals surface area contributed by atoms with Gasteiger partial charge in [-0.2, -0.15) is 0 Å². The largest absolute Gasteiger partial charge is 0.474 e. The zero-order valence-corrected chi connectivity index (χ0v) is 10.9. The highest BCUT2D eigenvalue weighted by atomic mass is 16.5. The van der Waals surface area contributed by atoms with Crippen molar-refractivity contribution in [2.45, 2.75) is 44.4 Å². The van der Waals surface area contributed by atoms with E-state index in [1.165, 1.54) is 6.92 Å². The zero-order chi connectivity index (χ0) is 13.0. The summed E-state index contributed by atoms with van der Waals surface area (Å²) in [6.45, 7) is 1.66. The fraction of sp³-hybridized carbons (Fsp3) is 0.692. The van der Waals surface area contributed by atoms with Crippen LogP contribution in [0.5, 0.6) is 0 Å². The van der Waals surface area contributed by atoms with E-state index in [1.807, 2.05) is 13.1 Å². The minimum Gasteiger partial charge on any atom is -0.474 e. The highest BCUT2D eigenvalue weighted by Gasteiger charge is 2.30. The Kier molecular flexibility index (Phi) is 4.49. The number of aliphatic imine (C=N–C) groups is 1. The summed E-state index contributed by atoms with van der Waals surface area (Å²) in [5.74, 6) is 0.708. The zero-order valence-electron chi connectivity index (χ0n) is 10.9. The molecule has 1 heterocycles. The number of rotatable bonds is 6. The molecule has 1 fully saturated rings. The SMILES string of the molecule is CN[C@H]1C[C@H](OC2=CCC(OCC(C)=O)C=N2)C1. The second-order valence-corrected chi connectivity index (χ2v) is 4.80. The second kappa shape index (κ2) is 6.11. The van der Waals surface area contributed by atoms with Crippen molar-refractivity contribution in [1.82, 2.24) is 5.32 Å². The van der Waals surface area contributed by atoms with Crippen molar-refractivity contribution in [3.63, 3.8) is 0 Å². The summed E-state index contributed by atoms with van der Waals surface area (Å²) in [5, 5.41) is 3.21. The lowest BCUT2D eigenvalue weighted by molar-refractivity contribution is -0.122. The maximum atomic E-state index is 10.8. The summed E-state index contributed by atoms with van der Waals surface area (Å²) in [6.07, 6.45) is 6.60. The molecule has 0 amide bonds. The molecule has 2 rings (SSSR count). The predicted molar refractivity (Wildman–Crippen MR) is 68.6 cm³/mol. The van der Waals surface area contributed by atoms with Crippen LogP contribution in [0.25, 0.3) is 0 Å². The minimum absolute atomic E-state index is 0.0296. The van der Waals surface area contributed by atoms with E-state index in [2.05, 4.69) is 10.3 Å². The van der Waals surface area contributed by atoms with Crippen molar-refractivity contribution in [3.8, 4) is 0 Å². The van der Waals surface area contributed by atoms with E-state index in [-0.39, 0.29) is 24.6 Å². The van der Waals surface area contributed by atoms with Crippen LogP contribution in [0.4, 0.5) is 0 Å². The van der Waals surface area contributed by atoms with Gasteiger partial charge >= 0.3 is 0 Å². The first-order valence-corrected chi connectivity index (χ1v) is 6.36. The van der Waals surface area contributed by atoms with Gasteiger partial charge in [0.2, 0.25) is 5.88 Å². The van der Waals surface area contributed by atoms with Crippen LogP contribution >= 0.6 is 0 Å². The summed E-state index contributed by atoms with van der Waals surface area (Å²) in [7, 11) is 1.97. The normalized spacial score (nSPS) is 30.6. The average Bonchev–Trinajstić information content (AvgIpc) is 2.32. The van der Waals surface area contributed by atoms with Crippen molar-refractivity contribution in [1.29, 1.82) is 0 Å². The first kappa shape index (κ1) is 13.2. The van der Waals surface area contributed by atoms with Gasteiger partial charge in [0, 0.05) is 18.7 Å². The Labute approximate surface area is 107 Å². The van der Waals surface area contributed by atoms with Crippen molar-refractivity contribution in [2.24, 2.45) is 4.99 Å². The smallest absolute Gasteiger partial charge is 0.209 e. The molecule has 1 N–H and O–H groups in total. The van der Waals surface area contributed by atoms with Gasteiger partial charge in [-0.25, -0.2) is 4.99 Å². The van der Waals surface area contributed by atoms with Crippen LogP contribution in [-0.4, -0.2) is 43.9 Å². The van der Waals surface area contributed by atoms with Crippen molar-refractivity contribution in [2.75, 3.05) is 13.7 Å². The Morgan fingerprint density at radius 1 is 1.56 bits per heavy atom. The van der Waals surface area contributed by atoms with E-state index >= 15 is 0 Å². The molecule has 1 atom stereocenters. The number of nitrogens with one attached hydrogen (secondary N) is 1. The van der Waals surface area contributed by atoms with Crippen LogP contribution < -0.4 is 5.32 Å². The van der Waals surface area contributed by atoms with E-state index in [9.17, 15) is 4.79 Å². The minimum atomic E-state index is -0.104. The van der Waals surface area contributed by atoms with Crippen molar-refractivity contribution in [3.05, 3.63) is 12.0 Å². The molecule has 0 spiro atoms. The highest BCUT2D eigenvalue weighted by Crippen LogP contribution is 2.26. The van der Waals surface area contributed by atoms with Crippen molar-refractivity contribution >= 4 is 12.0 Å². The van der Waals surface area contributed by atoms with E-state index in [0.717, 1.165) is 12.8 Å². The molecule has 5 nitrogen and oxygen atoms in total. The number of hydrogen-bond donors (Lipinski definition) is 1. The maximum absolute atomic E-state index is 10.8. The fourth-order valence-corrected chi connectivity index (χ4v) is 1.97. The number of Topliss-reactive ketones (excluding diaryl/α,β-unsaturated/α-hetero) is 1. The molecule has 0 saturated heterocycles. The quantitative estimate of drug-likeness (QED) is 0.767. The van der Waals surface area contributed by atoms with Gasteiger partial charge in [-0.05, 0) is 32.9 Å². The Balaban J connectivity index is 1.68. The van der Waals surface area contributed by atoms with E-state index in [0.29, 0.717) is 18.3 Å². The Hall–Kier alpha value is -1.20. The van der Waals surface area contributed by atoms with Gasteiger partial charge < -0.3 is 14.8 Å². The molecule has 1 unspecified atom stereocenters. The van der Waals surface area contributed by atoms with E-state index < -0.39 is 0 Å². The third-order valence-corrected chi connectivity index (χ3v) is 3.18. The number of ether oxygens (including phenoxy) is 2. The first-order chi connectivity index (χ1) is 8.67. The monoisotopic (exact) mass is 252 g/mol. The van der Waals surface area contributed by atoms with Gasteiger partial charge in [0.1, 0.15) is 12.7 Å². The Morgan fingerprint density at radius 2 is 2.33 bits per heavy atom. The van der Waals surface area contributed by atoms with Crippen LogP contribution in [-0.2, 0) is 14.3 Å². The predicted octanol–water partition coefficient (Wildman–Crippen LogP) is 1.04.